The number of hydrogen-bond donors (Lipinski definition) is 1. The van der Waals surface area contributed by atoms with E-state index in [4.69, 9.17) is 0 Å². The average Bonchev–Trinajstić information content (AvgIpc) is 3.79. The molecule has 0 radical (unpaired) electrons. The molecule has 2 heterocycles. The van der Waals surface area contributed by atoms with Gasteiger partial charge in [-0.25, -0.2) is 0 Å². The quantitative estimate of drug-likeness (QED) is 0.172. The van der Waals surface area contributed by atoms with Crippen LogP contribution in [0.3, 0.4) is 0 Å². The molecule has 284 valence electrons. The number of aromatic nitrogens is 2. The SMILES string of the molecule is Cc1ccccc1-c1ccc(-n2c3c(c4ccccc42)C=CCC3)cc1NC1(C)C=Cc2c(c3ccccc3n2-c2cccc(-c3cccc(-c4ccccc4)c3)c2)C1. The van der Waals surface area contributed by atoms with Gasteiger partial charge in [-0.2, -0.15) is 0 Å². The maximum Gasteiger partial charge on any atom is 0.0573 e. The van der Waals surface area contributed by atoms with Crippen LogP contribution in [0.1, 0.15) is 41.4 Å². The number of nitrogens with one attached hydrogen (secondary N) is 1. The molecule has 1 unspecified atom stereocenters. The Morgan fingerprint density at radius 2 is 1.20 bits per heavy atom. The van der Waals surface area contributed by atoms with Crippen molar-refractivity contribution in [3.63, 3.8) is 0 Å². The summed E-state index contributed by atoms with van der Waals surface area (Å²) in [6, 6.07) is 62.1. The number of aryl methyl sites for hydroxylation is 1. The topological polar surface area (TPSA) is 21.9 Å². The van der Waals surface area contributed by atoms with E-state index in [-0.39, 0.29) is 5.54 Å². The average molecular weight is 760 g/mol. The molecule has 11 rings (SSSR count). The molecule has 2 aliphatic rings. The molecule has 7 aromatic carbocycles. The summed E-state index contributed by atoms with van der Waals surface area (Å²) in [4.78, 5) is 0. The fourth-order valence-electron chi connectivity index (χ4n) is 9.73. The van der Waals surface area contributed by atoms with Gasteiger partial charge in [-0.15, -0.1) is 0 Å². The van der Waals surface area contributed by atoms with Crippen molar-refractivity contribution in [3.8, 4) is 44.8 Å². The van der Waals surface area contributed by atoms with Gasteiger partial charge in [0.05, 0.1) is 16.6 Å². The third-order valence-corrected chi connectivity index (χ3v) is 12.5. The van der Waals surface area contributed by atoms with Gasteiger partial charge in [0.15, 0.2) is 0 Å². The van der Waals surface area contributed by atoms with Crippen molar-refractivity contribution in [3.05, 3.63) is 210 Å². The lowest BCUT2D eigenvalue weighted by Gasteiger charge is -2.33. The van der Waals surface area contributed by atoms with Gasteiger partial charge < -0.3 is 14.5 Å². The van der Waals surface area contributed by atoms with Gasteiger partial charge in [0.1, 0.15) is 0 Å². The Hall–Kier alpha value is -7.10. The van der Waals surface area contributed by atoms with Crippen LogP contribution >= 0.6 is 0 Å². The van der Waals surface area contributed by atoms with E-state index in [1.165, 1.54) is 89.0 Å². The smallest absolute Gasteiger partial charge is 0.0573 e. The van der Waals surface area contributed by atoms with Gasteiger partial charge in [0, 0.05) is 56.8 Å². The van der Waals surface area contributed by atoms with Crippen molar-refractivity contribution in [2.45, 2.75) is 38.6 Å². The summed E-state index contributed by atoms with van der Waals surface area (Å²) in [7, 11) is 0. The van der Waals surface area contributed by atoms with E-state index in [9.17, 15) is 0 Å². The number of anilines is 1. The van der Waals surface area contributed by atoms with Crippen LogP contribution in [0.2, 0.25) is 0 Å². The minimum Gasteiger partial charge on any atom is -0.375 e. The van der Waals surface area contributed by atoms with E-state index >= 15 is 0 Å². The highest BCUT2D eigenvalue weighted by Crippen LogP contribution is 2.42. The monoisotopic (exact) mass is 759 g/mol. The van der Waals surface area contributed by atoms with E-state index < -0.39 is 0 Å². The molecule has 2 aromatic heterocycles. The molecule has 1 N–H and O–H groups in total. The standard InChI is InChI=1S/C56H45N3/c1-38-16-6-7-23-45(38)46-31-30-44(59-52-27-11-8-24-47(52)48-25-9-12-28-53(48)59)36-51(46)57-56(2)33-32-55-50(37-56)49-26-10-13-29-54(49)58(55)43-22-15-21-42(35-43)41-20-14-19-40(34-41)39-17-4-3-5-18-39/h3-11,13-27,29-36,57H,12,28,37H2,1-2H3. The Kier molecular flexibility index (Phi) is 8.37. The maximum atomic E-state index is 4.16. The lowest BCUT2D eigenvalue weighted by molar-refractivity contribution is 0.628. The summed E-state index contributed by atoms with van der Waals surface area (Å²) in [6.07, 6.45) is 12.3. The third-order valence-electron chi connectivity index (χ3n) is 12.5. The van der Waals surface area contributed by atoms with Gasteiger partial charge >= 0.3 is 0 Å². The number of para-hydroxylation sites is 2. The molecule has 9 aromatic rings. The number of allylic oxidation sites excluding steroid dienone is 1. The van der Waals surface area contributed by atoms with E-state index in [1.807, 2.05) is 0 Å². The second kappa shape index (κ2) is 14.1. The van der Waals surface area contributed by atoms with Gasteiger partial charge in [0.25, 0.3) is 0 Å². The predicted octanol–water partition coefficient (Wildman–Crippen LogP) is 14.3. The minimum atomic E-state index is -0.349. The number of nitrogens with zero attached hydrogens (tertiary/aromatic N) is 2. The molecule has 0 saturated carbocycles. The third kappa shape index (κ3) is 6.04. The van der Waals surface area contributed by atoms with Crippen LogP contribution < -0.4 is 5.32 Å². The molecule has 0 spiro atoms. The van der Waals surface area contributed by atoms with Crippen LogP contribution in [0.4, 0.5) is 5.69 Å². The van der Waals surface area contributed by atoms with Crippen molar-refractivity contribution in [2.24, 2.45) is 0 Å². The first kappa shape index (κ1) is 35.1. The zero-order valence-corrected chi connectivity index (χ0v) is 33.5. The molecule has 1 atom stereocenters. The van der Waals surface area contributed by atoms with Crippen molar-refractivity contribution in [1.29, 1.82) is 0 Å². The first-order valence-corrected chi connectivity index (χ1v) is 20.9. The molecule has 3 heteroatoms. The summed E-state index contributed by atoms with van der Waals surface area (Å²) in [6.45, 7) is 4.57. The highest BCUT2D eigenvalue weighted by Gasteiger charge is 2.31. The molecular formula is C56H45N3. The Morgan fingerprint density at radius 1 is 0.542 bits per heavy atom. The van der Waals surface area contributed by atoms with E-state index in [0.717, 1.165) is 30.6 Å². The number of fused-ring (bicyclic) bond motifs is 6. The van der Waals surface area contributed by atoms with E-state index in [1.54, 1.807) is 0 Å². The zero-order valence-electron chi connectivity index (χ0n) is 33.5. The number of rotatable bonds is 7. The fraction of sp³-hybridized carbons (Fsp3) is 0.107. The lowest BCUT2D eigenvalue weighted by atomic mass is 9.85. The molecule has 2 aliphatic carbocycles. The largest absolute Gasteiger partial charge is 0.375 e. The fourth-order valence-corrected chi connectivity index (χ4v) is 9.73. The molecular weight excluding hydrogens is 715 g/mol. The van der Waals surface area contributed by atoms with E-state index in [0.29, 0.717) is 0 Å². The maximum absolute atomic E-state index is 4.16. The molecule has 0 fully saturated rings. The summed E-state index contributed by atoms with van der Waals surface area (Å²) >= 11 is 0. The predicted molar refractivity (Wildman–Crippen MR) is 250 cm³/mol. The van der Waals surface area contributed by atoms with Crippen LogP contribution in [0.25, 0.3) is 78.7 Å². The second-order valence-electron chi connectivity index (χ2n) is 16.5. The second-order valence-corrected chi connectivity index (χ2v) is 16.5. The van der Waals surface area contributed by atoms with Crippen molar-refractivity contribution >= 4 is 39.6 Å². The molecule has 0 aliphatic heterocycles. The van der Waals surface area contributed by atoms with Crippen LogP contribution in [-0.4, -0.2) is 14.7 Å². The van der Waals surface area contributed by atoms with Gasteiger partial charge in [-0.3, -0.25) is 0 Å². The van der Waals surface area contributed by atoms with Crippen molar-refractivity contribution in [2.75, 3.05) is 5.32 Å². The summed E-state index contributed by atoms with van der Waals surface area (Å²) < 4.78 is 4.96. The highest BCUT2D eigenvalue weighted by atomic mass is 15.0. The van der Waals surface area contributed by atoms with Crippen molar-refractivity contribution in [1.82, 2.24) is 9.13 Å². The van der Waals surface area contributed by atoms with Crippen LogP contribution in [0, 0.1) is 6.92 Å². The Morgan fingerprint density at radius 3 is 2.03 bits per heavy atom. The molecule has 0 amide bonds. The van der Waals surface area contributed by atoms with Crippen LogP contribution in [0.15, 0.2) is 182 Å². The molecule has 59 heavy (non-hydrogen) atoms. The number of benzene rings is 7. The van der Waals surface area contributed by atoms with Gasteiger partial charge in [-0.1, -0.05) is 146 Å². The first-order valence-electron chi connectivity index (χ1n) is 20.9. The molecule has 0 bridgehead atoms. The summed E-state index contributed by atoms with van der Waals surface area (Å²) in [5.74, 6) is 0. The normalized spacial score (nSPS) is 15.7. The summed E-state index contributed by atoms with van der Waals surface area (Å²) in [5.41, 5.74) is 19.6. The zero-order chi connectivity index (χ0) is 39.5. The van der Waals surface area contributed by atoms with Gasteiger partial charge in [-0.05, 0) is 114 Å². The summed E-state index contributed by atoms with van der Waals surface area (Å²) in [5, 5.41) is 6.77. The molecule has 3 nitrogen and oxygen atoms in total. The number of hydrogen-bond acceptors (Lipinski definition) is 1. The van der Waals surface area contributed by atoms with Crippen LogP contribution in [-0.2, 0) is 12.8 Å². The molecule has 0 saturated heterocycles. The minimum absolute atomic E-state index is 0.349. The van der Waals surface area contributed by atoms with Crippen molar-refractivity contribution < 1.29 is 0 Å². The van der Waals surface area contributed by atoms with Gasteiger partial charge in [0.2, 0.25) is 0 Å². The van der Waals surface area contributed by atoms with Crippen LogP contribution in [0.5, 0.6) is 0 Å². The van der Waals surface area contributed by atoms with E-state index in [2.05, 4.69) is 222 Å². The highest BCUT2D eigenvalue weighted by molar-refractivity contribution is 5.95. The Bertz CT molecular complexity index is 3140. The Balaban J connectivity index is 1.00. The lowest BCUT2D eigenvalue weighted by Crippen LogP contribution is -2.37. The Labute approximate surface area is 346 Å². The first-order chi connectivity index (χ1) is 29.0.